The highest BCUT2D eigenvalue weighted by Gasteiger charge is 2.17. The van der Waals surface area contributed by atoms with Crippen LogP contribution in [0.5, 0.6) is 0 Å². The topological polar surface area (TPSA) is 38.0 Å². The van der Waals surface area contributed by atoms with Gasteiger partial charge in [-0.25, -0.2) is 9.82 Å². The molecule has 0 heterocycles. The van der Waals surface area contributed by atoms with Crippen molar-refractivity contribution in [3.05, 3.63) is 83.2 Å². The molecule has 1 atom stereocenters. The summed E-state index contributed by atoms with van der Waals surface area (Å²) in [6.07, 6.45) is 0. The lowest BCUT2D eigenvalue weighted by Gasteiger charge is -2.21. The number of halogens is 1. The largest absolute Gasteiger partial charge is 0.271 e. The van der Waals surface area contributed by atoms with Crippen LogP contribution in [0.4, 0.5) is 4.39 Å². The first-order chi connectivity index (χ1) is 10.2. The van der Waals surface area contributed by atoms with Crippen LogP contribution in [0.1, 0.15) is 22.7 Å². The molecule has 0 saturated heterocycles. The fraction of sp³-hybridized carbons (Fsp3) is 0.111. The summed E-state index contributed by atoms with van der Waals surface area (Å²) in [6.45, 7) is 1.96. The maximum atomic E-state index is 13.6. The molecule has 0 spiro atoms. The van der Waals surface area contributed by atoms with Gasteiger partial charge in [-0.05, 0) is 46.5 Å². The predicted molar refractivity (Wildman–Crippen MR) is 84.3 cm³/mol. The Balaban J connectivity index is 2.21. The average Bonchev–Trinajstić information content (AvgIpc) is 2.51. The number of benzene rings is 3. The van der Waals surface area contributed by atoms with E-state index in [1.165, 1.54) is 6.07 Å². The summed E-state index contributed by atoms with van der Waals surface area (Å²) in [7, 11) is 0. The van der Waals surface area contributed by atoms with Crippen molar-refractivity contribution >= 4 is 10.8 Å². The molecule has 0 amide bonds. The van der Waals surface area contributed by atoms with E-state index < -0.39 is 0 Å². The van der Waals surface area contributed by atoms with Crippen molar-refractivity contribution in [3.63, 3.8) is 0 Å². The number of hydrogen-bond acceptors (Lipinski definition) is 2. The number of nitrogens with two attached hydrogens (primary N) is 1. The molecular formula is C18H17FN2. The summed E-state index contributed by atoms with van der Waals surface area (Å²) in [4.78, 5) is 0. The molecule has 21 heavy (non-hydrogen) atoms. The quantitative estimate of drug-likeness (QED) is 0.565. The lowest BCUT2D eigenvalue weighted by molar-refractivity contribution is 0.604. The van der Waals surface area contributed by atoms with Crippen LogP contribution >= 0.6 is 0 Å². The van der Waals surface area contributed by atoms with Crippen molar-refractivity contribution in [2.24, 2.45) is 5.84 Å². The van der Waals surface area contributed by atoms with Gasteiger partial charge in [0, 0.05) is 0 Å². The Morgan fingerprint density at radius 1 is 0.952 bits per heavy atom. The van der Waals surface area contributed by atoms with Crippen molar-refractivity contribution in [3.8, 4) is 0 Å². The average molecular weight is 280 g/mol. The smallest absolute Gasteiger partial charge is 0.123 e. The van der Waals surface area contributed by atoms with Crippen LogP contribution in [0, 0.1) is 12.7 Å². The van der Waals surface area contributed by atoms with Gasteiger partial charge in [0.15, 0.2) is 0 Å². The fourth-order valence-corrected chi connectivity index (χ4v) is 2.77. The van der Waals surface area contributed by atoms with Crippen LogP contribution in [0.15, 0.2) is 60.7 Å². The number of hydrazine groups is 1. The molecule has 2 nitrogen and oxygen atoms in total. The van der Waals surface area contributed by atoms with Crippen molar-refractivity contribution in [1.82, 2.24) is 5.43 Å². The Morgan fingerprint density at radius 2 is 1.71 bits per heavy atom. The summed E-state index contributed by atoms with van der Waals surface area (Å²) >= 11 is 0. The van der Waals surface area contributed by atoms with Gasteiger partial charge in [0.2, 0.25) is 0 Å². The van der Waals surface area contributed by atoms with E-state index in [4.69, 9.17) is 5.84 Å². The number of hydrogen-bond donors (Lipinski definition) is 2. The van der Waals surface area contributed by atoms with Crippen LogP contribution in [-0.2, 0) is 0 Å². The van der Waals surface area contributed by atoms with E-state index in [1.807, 2.05) is 31.2 Å². The molecule has 1 unspecified atom stereocenters. The van der Waals surface area contributed by atoms with Gasteiger partial charge in [0.05, 0.1) is 6.04 Å². The molecule has 0 aliphatic rings. The summed E-state index contributed by atoms with van der Waals surface area (Å²) in [6, 6.07) is 18.7. The minimum Gasteiger partial charge on any atom is -0.271 e. The second-order valence-electron chi connectivity index (χ2n) is 5.17. The summed E-state index contributed by atoms with van der Waals surface area (Å²) in [5.41, 5.74) is 5.74. The van der Waals surface area contributed by atoms with E-state index in [9.17, 15) is 4.39 Å². The summed E-state index contributed by atoms with van der Waals surface area (Å²) < 4.78 is 13.6. The van der Waals surface area contributed by atoms with Crippen molar-refractivity contribution in [2.75, 3.05) is 0 Å². The van der Waals surface area contributed by atoms with E-state index in [0.717, 1.165) is 27.5 Å². The van der Waals surface area contributed by atoms with Gasteiger partial charge in [-0.1, -0.05) is 48.5 Å². The molecular weight excluding hydrogens is 263 g/mol. The number of aryl methyl sites for hydroxylation is 1. The molecule has 3 aromatic rings. The Hall–Kier alpha value is -2.23. The van der Waals surface area contributed by atoms with Crippen molar-refractivity contribution in [1.29, 1.82) is 0 Å². The zero-order valence-electron chi connectivity index (χ0n) is 11.8. The summed E-state index contributed by atoms with van der Waals surface area (Å²) in [5, 5.41) is 2.26. The Bertz CT molecular complexity index is 778. The second-order valence-corrected chi connectivity index (χ2v) is 5.17. The molecule has 0 aromatic heterocycles. The van der Waals surface area contributed by atoms with Gasteiger partial charge in [0.1, 0.15) is 5.82 Å². The number of rotatable bonds is 3. The Morgan fingerprint density at radius 3 is 2.52 bits per heavy atom. The first-order valence-corrected chi connectivity index (χ1v) is 6.90. The normalized spacial score (nSPS) is 12.5. The number of fused-ring (bicyclic) bond motifs is 1. The highest BCUT2D eigenvalue weighted by atomic mass is 19.1. The monoisotopic (exact) mass is 280 g/mol. The Kier molecular flexibility index (Phi) is 3.69. The minimum atomic E-state index is -0.254. The standard InChI is InChI=1S/C18H17FN2/c1-12-9-10-14(19)11-17(12)18(21-20)16-8-4-6-13-5-2-3-7-15(13)16/h2-11,18,21H,20H2,1H3. The van der Waals surface area contributed by atoms with Crippen molar-refractivity contribution in [2.45, 2.75) is 13.0 Å². The maximum absolute atomic E-state index is 13.6. The van der Waals surface area contributed by atoms with Gasteiger partial charge >= 0.3 is 0 Å². The van der Waals surface area contributed by atoms with Crippen LogP contribution in [0.2, 0.25) is 0 Å². The second kappa shape index (κ2) is 5.64. The fourth-order valence-electron chi connectivity index (χ4n) is 2.77. The van der Waals surface area contributed by atoms with Gasteiger partial charge in [-0.3, -0.25) is 5.84 Å². The predicted octanol–water partition coefficient (Wildman–Crippen LogP) is 3.84. The minimum absolute atomic E-state index is 0.244. The third-order valence-electron chi connectivity index (χ3n) is 3.85. The molecule has 0 radical (unpaired) electrons. The van der Waals surface area contributed by atoms with E-state index in [0.29, 0.717) is 0 Å². The van der Waals surface area contributed by atoms with E-state index in [1.54, 1.807) is 12.1 Å². The third kappa shape index (κ3) is 2.53. The third-order valence-corrected chi connectivity index (χ3v) is 3.85. The van der Waals surface area contributed by atoms with Crippen LogP contribution < -0.4 is 11.3 Å². The van der Waals surface area contributed by atoms with Gasteiger partial charge < -0.3 is 0 Å². The molecule has 106 valence electrons. The molecule has 0 saturated carbocycles. The molecule has 3 N–H and O–H groups in total. The van der Waals surface area contributed by atoms with E-state index in [-0.39, 0.29) is 11.9 Å². The number of nitrogens with one attached hydrogen (secondary N) is 1. The van der Waals surface area contributed by atoms with Gasteiger partial charge in [-0.15, -0.1) is 0 Å². The molecule has 3 aromatic carbocycles. The molecule has 0 aliphatic heterocycles. The SMILES string of the molecule is Cc1ccc(F)cc1C(NN)c1cccc2ccccc12. The zero-order chi connectivity index (χ0) is 14.8. The molecule has 3 rings (SSSR count). The van der Waals surface area contributed by atoms with Gasteiger partial charge in [-0.2, -0.15) is 0 Å². The molecule has 0 fully saturated rings. The van der Waals surface area contributed by atoms with Crippen LogP contribution in [0.25, 0.3) is 10.8 Å². The summed E-state index contributed by atoms with van der Waals surface area (Å²) in [5.74, 6) is 5.52. The van der Waals surface area contributed by atoms with E-state index >= 15 is 0 Å². The van der Waals surface area contributed by atoms with E-state index in [2.05, 4.69) is 23.6 Å². The molecule has 3 heteroatoms. The molecule has 0 aliphatic carbocycles. The molecule has 0 bridgehead atoms. The maximum Gasteiger partial charge on any atom is 0.123 e. The van der Waals surface area contributed by atoms with Crippen molar-refractivity contribution < 1.29 is 4.39 Å². The highest BCUT2D eigenvalue weighted by Crippen LogP contribution is 2.30. The van der Waals surface area contributed by atoms with Gasteiger partial charge in [0.25, 0.3) is 0 Å². The first-order valence-electron chi connectivity index (χ1n) is 6.90. The Labute approximate surface area is 123 Å². The van der Waals surface area contributed by atoms with Crippen LogP contribution in [0.3, 0.4) is 0 Å². The zero-order valence-corrected chi connectivity index (χ0v) is 11.8. The first kappa shape index (κ1) is 13.7. The highest BCUT2D eigenvalue weighted by molar-refractivity contribution is 5.86. The lowest BCUT2D eigenvalue weighted by atomic mass is 9.92. The lowest BCUT2D eigenvalue weighted by Crippen LogP contribution is -2.29. The van der Waals surface area contributed by atoms with Crippen LogP contribution in [-0.4, -0.2) is 0 Å².